The number of hydrogen-bond acceptors (Lipinski definition) is 3. The average molecular weight is 215 g/mol. The van der Waals surface area contributed by atoms with Crippen molar-refractivity contribution < 1.29 is 9.90 Å². The van der Waals surface area contributed by atoms with E-state index in [4.69, 9.17) is 5.11 Å². The summed E-state index contributed by atoms with van der Waals surface area (Å²) in [5.74, 6) is -1.01. The molecule has 5 heteroatoms. The van der Waals surface area contributed by atoms with Gasteiger partial charge in [-0.15, -0.1) is 5.10 Å². The second kappa shape index (κ2) is 4.39. The van der Waals surface area contributed by atoms with Gasteiger partial charge in [-0.1, -0.05) is 18.2 Å². The van der Waals surface area contributed by atoms with E-state index in [2.05, 4.69) is 10.2 Å². The molecule has 5 nitrogen and oxygen atoms in total. The highest BCUT2D eigenvalue weighted by molar-refractivity contribution is 5.84. The predicted molar refractivity (Wildman–Crippen MR) is 58.0 cm³/mol. The number of benzene rings is 1. The topological polar surface area (TPSA) is 68.0 Å². The lowest BCUT2D eigenvalue weighted by molar-refractivity contribution is -0.131. The third-order valence-electron chi connectivity index (χ3n) is 1.89. The Balaban J connectivity index is 2.23. The Bertz CT molecular complexity index is 517. The van der Waals surface area contributed by atoms with Gasteiger partial charge < -0.3 is 5.11 Å². The van der Waals surface area contributed by atoms with Gasteiger partial charge in [0.2, 0.25) is 0 Å². The molecule has 80 valence electrons. The highest BCUT2D eigenvalue weighted by atomic mass is 16.4. The molecule has 0 atom stereocenters. The molecule has 1 aromatic heterocycles. The Morgan fingerprint density at radius 3 is 2.75 bits per heavy atom. The summed E-state index contributed by atoms with van der Waals surface area (Å²) in [5.41, 5.74) is 1.34. The minimum Gasteiger partial charge on any atom is -0.478 e. The fraction of sp³-hybridized carbons (Fsp3) is 0. The molecule has 0 aliphatic carbocycles. The van der Waals surface area contributed by atoms with Gasteiger partial charge in [0.25, 0.3) is 0 Å². The van der Waals surface area contributed by atoms with E-state index in [0.29, 0.717) is 5.69 Å². The van der Waals surface area contributed by atoms with Crippen LogP contribution in [0.15, 0.2) is 42.6 Å². The van der Waals surface area contributed by atoms with Crippen molar-refractivity contribution in [2.45, 2.75) is 0 Å². The third kappa shape index (κ3) is 2.33. The van der Waals surface area contributed by atoms with E-state index in [-0.39, 0.29) is 0 Å². The second-order valence-corrected chi connectivity index (χ2v) is 3.07. The molecule has 0 amide bonds. The molecule has 0 unspecified atom stereocenters. The monoisotopic (exact) mass is 215 g/mol. The summed E-state index contributed by atoms with van der Waals surface area (Å²) < 4.78 is 0. The van der Waals surface area contributed by atoms with E-state index < -0.39 is 5.97 Å². The molecule has 0 saturated carbocycles. The number of aliphatic carboxylic acids is 1. The van der Waals surface area contributed by atoms with Crippen LogP contribution in [0.1, 0.15) is 5.69 Å². The molecule has 1 N–H and O–H groups in total. The van der Waals surface area contributed by atoms with Crippen LogP contribution in [-0.4, -0.2) is 26.1 Å². The zero-order chi connectivity index (χ0) is 11.4. The molecule has 0 spiro atoms. The fourth-order valence-corrected chi connectivity index (χ4v) is 1.19. The Kier molecular flexibility index (Phi) is 2.77. The normalized spacial score (nSPS) is 10.8. The second-order valence-electron chi connectivity index (χ2n) is 3.07. The number of carbonyl (C=O) groups is 1. The molecule has 0 aliphatic heterocycles. The third-order valence-corrected chi connectivity index (χ3v) is 1.89. The van der Waals surface area contributed by atoms with E-state index in [0.717, 1.165) is 11.8 Å². The van der Waals surface area contributed by atoms with Gasteiger partial charge in [-0.3, -0.25) is 0 Å². The lowest BCUT2D eigenvalue weighted by Gasteiger charge is -1.96. The van der Waals surface area contributed by atoms with Crippen molar-refractivity contribution in [3.63, 3.8) is 0 Å². The first-order valence-electron chi connectivity index (χ1n) is 4.64. The Labute approximate surface area is 91.6 Å². The summed E-state index contributed by atoms with van der Waals surface area (Å²) in [6.45, 7) is 0. The quantitative estimate of drug-likeness (QED) is 0.785. The van der Waals surface area contributed by atoms with Gasteiger partial charge in [-0.05, 0) is 18.2 Å². The van der Waals surface area contributed by atoms with Crippen molar-refractivity contribution in [2.75, 3.05) is 0 Å². The van der Waals surface area contributed by atoms with Gasteiger partial charge in [-0.25, -0.2) is 4.79 Å². The van der Waals surface area contributed by atoms with Crippen molar-refractivity contribution in [1.82, 2.24) is 15.0 Å². The number of carboxylic acid groups (broad SMARTS) is 1. The molecular formula is C11H9N3O2. The lowest BCUT2D eigenvalue weighted by atomic mass is 10.3. The molecule has 0 aliphatic rings. The Morgan fingerprint density at radius 2 is 2.06 bits per heavy atom. The molecule has 2 rings (SSSR count). The van der Waals surface area contributed by atoms with Crippen LogP contribution >= 0.6 is 0 Å². The van der Waals surface area contributed by atoms with Crippen molar-refractivity contribution in [2.24, 2.45) is 0 Å². The minimum absolute atomic E-state index is 0.506. The van der Waals surface area contributed by atoms with Gasteiger partial charge in [0.15, 0.2) is 0 Å². The van der Waals surface area contributed by atoms with Gasteiger partial charge in [-0.2, -0.15) is 9.90 Å². The molecular weight excluding hydrogens is 206 g/mol. The van der Waals surface area contributed by atoms with Crippen LogP contribution < -0.4 is 0 Å². The van der Waals surface area contributed by atoms with E-state index in [1.54, 1.807) is 0 Å². The van der Waals surface area contributed by atoms with Crippen LogP contribution in [0.5, 0.6) is 0 Å². The first-order chi connectivity index (χ1) is 7.75. The maximum atomic E-state index is 10.3. The number of para-hydroxylation sites is 1. The smallest absolute Gasteiger partial charge is 0.328 e. The van der Waals surface area contributed by atoms with Gasteiger partial charge in [0.05, 0.1) is 11.9 Å². The molecule has 0 saturated heterocycles. The highest BCUT2D eigenvalue weighted by Gasteiger charge is 1.99. The molecule has 1 heterocycles. The maximum absolute atomic E-state index is 10.3. The number of hydrogen-bond donors (Lipinski definition) is 1. The SMILES string of the molecule is O=C(O)C=Cc1cnn(-c2ccccc2)n1. The predicted octanol–water partition coefficient (Wildman–Crippen LogP) is 1.37. The molecule has 1 aromatic carbocycles. The largest absolute Gasteiger partial charge is 0.478 e. The summed E-state index contributed by atoms with van der Waals surface area (Å²) in [6.07, 6.45) is 3.93. The first kappa shape index (κ1) is 10.1. The van der Waals surface area contributed by atoms with E-state index in [9.17, 15) is 4.79 Å². The van der Waals surface area contributed by atoms with Crippen molar-refractivity contribution in [3.05, 3.63) is 48.3 Å². The number of carboxylic acids is 1. The number of aromatic nitrogens is 3. The van der Waals surface area contributed by atoms with Crippen molar-refractivity contribution in [1.29, 1.82) is 0 Å². The lowest BCUT2D eigenvalue weighted by Crippen LogP contribution is -1.97. The Hall–Kier alpha value is -2.43. The summed E-state index contributed by atoms with van der Waals surface area (Å²) in [6, 6.07) is 9.39. The molecule has 0 bridgehead atoms. The standard InChI is InChI=1S/C11H9N3O2/c15-11(16)7-6-9-8-12-14(13-9)10-4-2-1-3-5-10/h1-8H,(H,15,16). The summed E-state index contributed by atoms with van der Waals surface area (Å²) in [4.78, 5) is 11.8. The van der Waals surface area contributed by atoms with E-state index in [1.165, 1.54) is 17.1 Å². The summed E-state index contributed by atoms with van der Waals surface area (Å²) in [7, 11) is 0. The average Bonchev–Trinajstić information content (AvgIpc) is 2.76. The zero-order valence-corrected chi connectivity index (χ0v) is 8.32. The highest BCUT2D eigenvalue weighted by Crippen LogP contribution is 2.04. The van der Waals surface area contributed by atoms with Crippen LogP contribution in [0.2, 0.25) is 0 Å². The summed E-state index contributed by atoms with van der Waals surface area (Å²) >= 11 is 0. The number of rotatable bonds is 3. The van der Waals surface area contributed by atoms with Crippen LogP contribution in [0.25, 0.3) is 11.8 Å². The van der Waals surface area contributed by atoms with Crippen LogP contribution in [-0.2, 0) is 4.79 Å². The maximum Gasteiger partial charge on any atom is 0.328 e. The molecule has 16 heavy (non-hydrogen) atoms. The van der Waals surface area contributed by atoms with Gasteiger partial charge >= 0.3 is 5.97 Å². The molecule has 0 radical (unpaired) electrons. The Morgan fingerprint density at radius 1 is 1.31 bits per heavy atom. The molecule has 0 fully saturated rings. The van der Waals surface area contributed by atoms with E-state index in [1.807, 2.05) is 30.3 Å². The van der Waals surface area contributed by atoms with Crippen LogP contribution in [0.4, 0.5) is 0 Å². The van der Waals surface area contributed by atoms with Crippen molar-refractivity contribution >= 4 is 12.0 Å². The summed E-state index contributed by atoms with van der Waals surface area (Å²) in [5, 5.41) is 16.6. The number of nitrogens with zero attached hydrogens (tertiary/aromatic N) is 3. The minimum atomic E-state index is -1.01. The van der Waals surface area contributed by atoms with Crippen molar-refractivity contribution in [3.8, 4) is 5.69 Å². The first-order valence-corrected chi connectivity index (χ1v) is 4.64. The van der Waals surface area contributed by atoms with Gasteiger partial charge in [0, 0.05) is 6.08 Å². The molecule has 2 aromatic rings. The van der Waals surface area contributed by atoms with Crippen LogP contribution in [0, 0.1) is 0 Å². The zero-order valence-electron chi connectivity index (χ0n) is 8.32. The fourth-order valence-electron chi connectivity index (χ4n) is 1.19. The van der Waals surface area contributed by atoms with Gasteiger partial charge in [0.1, 0.15) is 5.69 Å². The van der Waals surface area contributed by atoms with E-state index >= 15 is 0 Å². The van der Waals surface area contributed by atoms with Crippen LogP contribution in [0.3, 0.4) is 0 Å².